The zero-order chi connectivity index (χ0) is 19.3. The highest BCUT2D eigenvalue weighted by atomic mass is 16.5. The van der Waals surface area contributed by atoms with Gasteiger partial charge in [-0.2, -0.15) is 0 Å². The SMILES string of the molecule is CC[C@@H](Oc1ccc2c(c1)CCCC2)C(=O)N1CCN(c2ccccc2)CC1. The van der Waals surface area contributed by atoms with Crippen LogP contribution in [-0.4, -0.2) is 43.1 Å². The summed E-state index contributed by atoms with van der Waals surface area (Å²) in [5.74, 6) is 0.955. The van der Waals surface area contributed by atoms with Crippen molar-refractivity contribution in [1.29, 1.82) is 0 Å². The molecule has 1 heterocycles. The number of piperazine rings is 1. The highest BCUT2D eigenvalue weighted by Gasteiger charge is 2.28. The Morgan fingerprint density at radius 1 is 0.964 bits per heavy atom. The number of ether oxygens (including phenoxy) is 1. The van der Waals surface area contributed by atoms with E-state index in [-0.39, 0.29) is 5.91 Å². The van der Waals surface area contributed by atoms with Gasteiger partial charge >= 0.3 is 0 Å². The second-order valence-electron chi connectivity index (χ2n) is 7.80. The second kappa shape index (κ2) is 8.68. The van der Waals surface area contributed by atoms with Crippen LogP contribution in [0.15, 0.2) is 48.5 Å². The molecule has 1 aliphatic carbocycles. The summed E-state index contributed by atoms with van der Waals surface area (Å²) in [7, 11) is 0. The Morgan fingerprint density at radius 2 is 1.68 bits per heavy atom. The molecule has 1 atom stereocenters. The number of para-hydroxylation sites is 1. The average molecular weight is 379 g/mol. The second-order valence-corrected chi connectivity index (χ2v) is 7.80. The van der Waals surface area contributed by atoms with Gasteiger partial charge in [0.1, 0.15) is 5.75 Å². The van der Waals surface area contributed by atoms with Crippen LogP contribution in [0.4, 0.5) is 5.69 Å². The van der Waals surface area contributed by atoms with E-state index in [9.17, 15) is 4.79 Å². The van der Waals surface area contributed by atoms with Crippen molar-refractivity contribution in [3.63, 3.8) is 0 Å². The number of carbonyl (C=O) groups is 1. The molecule has 1 aliphatic heterocycles. The predicted octanol–water partition coefficient (Wildman–Crippen LogP) is 4.07. The Hall–Kier alpha value is -2.49. The first-order valence-corrected chi connectivity index (χ1v) is 10.6. The molecule has 0 radical (unpaired) electrons. The number of nitrogens with zero attached hydrogens (tertiary/aromatic N) is 2. The quantitative estimate of drug-likeness (QED) is 0.786. The van der Waals surface area contributed by atoms with Crippen LogP contribution < -0.4 is 9.64 Å². The van der Waals surface area contributed by atoms with Crippen molar-refractivity contribution < 1.29 is 9.53 Å². The monoisotopic (exact) mass is 378 g/mol. The smallest absolute Gasteiger partial charge is 0.263 e. The first-order valence-electron chi connectivity index (χ1n) is 10.6. The van der Waals surface area contributed by atoms with Gasteiger partial charge < -0.3 is 14.5 Å². The summed E-state index contributed by atoms with van der Waals surface area (Å²) < 4.78 is 6.15. The van der Waals surface area contributed by atoms with Crippen molar-refractivity contribution in [2.45, 2.75) is 45.1 Å². The number of rotatable bonds is 5. The topological polar surface area (TPSA) is 32.8 Å². The van der Waals surface area contributed by atoms with Gasteiger partial charge in [0.05, 0.1) is 0 Å². The van der Waals surface area contributed by atoms with Crippen LogP contribution in [-0.2, 0) is 17.6 Å². The van der Waals surface area contributed by atoms with E-state index in [1.165, 1.54) is 29.7 Å². The Morgan fingerprint density at radius 3 is 2.39 bits per heavy atom. The summed E-state index contributed by atoms with van der Waals surface area (Å²) in [5.41, 5.74) is 4.06. The van der Waals surface area contributed by atoms with Crippen LogP contribution in [0.2, 0.25) is 0 Å². The number of carbonyl (C=O) groups excluding carboxylic acids is 1. The molecule has 0 bridgehead atoms. The van der Waals surface area contributed by atoms with Crippen molar-refractivity contribution in [2.24, 2.45) is 0 Å². The minimum atomic E-state index is -0.398. The molecule has 4 rings (SSSR count). The molecule has 0 spiro atoms. The third-order valence-electron chi connectivity index (χ3n) is 5.96. The largest absolute Gasteiger partial charge is 0.481 e. The van der Waals surface area contributed by atoms with E-state index in [1.54, 1.807) is 0 Å². The van der Waals surface area contributed by atoms with Crippen molar-refractivity contribution >= 4 is 11.6 Å². The van der Waals surface area contributed by atoms with Crippen LogP contribution >= 0.6 is 0 Å². The fourth-order valence-corrected chi connectivity index (χ4v) is 4.28. The van der Waals surface area contributed by atoms with Gasteiger partial charge in [0.25, 0.3) is 5.91 Å². The molecule has 28 heavy (non-hydrogen) atoms. The van der Waals surface area contributed by atoms with Crippen LogP contribution in [0.5, 0.6) is 5.75 Å². The maximum atomic E-state index is 13.0. The van der Waals surface area contributed by atoms with Gasteiger partial charge in [0.15, 0.2) is 6.10 Å². The Bertz CT molecular complexity index is 798. The van der Waals surface area contributed by atoms with Crippen LogP contribution in [0.3, 0.4) is 0 Å². The molecule has 4 heteroatoms. The van der Waals surface area contributed by atoms with E-state index in [0.29, 0.717) is 6.42 Å². The molecule has 0 aromatic heterocycles. The molecule has 148 valence electrons. The highest BCUT2D eigenvalue weighted by molar-refractivity contribution is 5.81. The standard InChI is InChI=1S/C24H30N2O2/c1-2-23(28-22-13-12-19-8-6-7-9-20(19)18-22)24(27)26-16-14-25(15-17-26)21-10-4-3-5-11-21/h3-5,10-13,18,23H,2,6-9,14-17H2,1H3/t23-/m1/s1. The van der Waals surface area contributed by atoms with E-state index in [0.717, 1.165) is 44.8 Å². The van der Waals surface area contributed by atoms with E-state index < -0.39 is 6.10 Å². The van der Waals surface area contributed by atoms with Gasteiger partial charge in [-0.1, -0.05) is 31.2 Å². The lowest BCUT2D eigenvalue weighted by Gasteiger charge is -2.37. The fraction of sp³-hybridized carbons (Fsp3) is 0.458. The predicted molar refractivity (Wildman–Crippen MR) is 113 cm³/mol. The van der Waals surface area contributed by atoms with E-state index in [4.69, 9.17) is 4.74 Å². The van der Waals surface area contributed by atoms with E-state index >= 15 is 0 Å². The molecule has 2 aliphatic rings. The summed E-state index contributed by atoms with van der Waals surface area (Å²) in [6.45, 7) is 5.26. The van der Waals surface area contributed by atoms with Gasteiger partial charge in [-0.3, -0.25) is 4.79 Å². The van der Waals surface area contributed by atoms with Gasteiger partial charge in [0, 0.05) is 31.9 Å². The normalized spacial score (nSPS) is 17.8. The maximum Gasteiger partial charge on any atom is 0.263 e. The molecule has 2 aromatic rings. The van der Waals surface area contributed by atoms with Crippen LogP contribution in [0.25, 0.3) is 0 Å². The third-order valence-corrected chi connectivity index (χ3v) is 5.96. The third kappa shape index (κ3) is 4.16. The van der Waals surface area contributed by atoms with Crippen molar-refractivity contribution in [1.82, 2.24) is 4.90 Å². The number of aryl methyl sites for hydroxylation is 2. The summed E-state index contributed by atoms with van der Waals surface area (Å²) in [6, 6.07) is 16.8. The number of hydrogen-bond acceptors (Lipinski definition) is 3. The van der Waals surface area contributed by atoms with Crippen LogP contribution in [0, 0.1) is 0 Å². The molecule has 1 amide bonds. The van der Waals surface area contributed by atoms with Gasteiger partial charge in [-0.15, -0.1) is 0 Å². The van der Waals surface area contributed by atoms with Gasteiger partial charge in [-0.25, -0.2) is 0 Å². The molecule has 1 saturated heterocycles. The first kappa shape index (κ1) is 18.9. The molecule has 0 saturated carbocycles. The lowest BCUT2D eigenvalue weighted by Crippen LogP contribution is -2.52. The number of anilines is 1. The first-order chi connectivity index (χ1) is 13.7. The Balaban J connectivity index is 1.37. The molecule has 2 aromatic carbocycles. The van der Waals surface area contributed by atoms with Crippen molar-refractivity contribution in [2.75, 3.05) is 31.1 Å². The average Bonchev–Trinajstić information content (AvgIpc) is 2.77. The minimum Gasteiger partial charge on any atom is -0.481 e. The van der Waals surface area contributed by atoms with E-state index in [2.05, 4.69) is 41.3 Å². The summed E-state index contributed by atoms with van der Waals surface area (Å²) in [4.78, 5) is 17.4. The molecule has 0 N–H and O–H groups in total. The van der Waals surface area contributed by atoms with Gasteiger partial charge in [0.2, 0.25) is 0 Å². The van der Waals surface area contributed by atoms with Crippen LogP contribution in [0.1, 0.15) is 37.3 Å². The maximum absolute atomic E-state index is 13.0. The molecular weight excluding hydrogens is 348 g/mol. The molecule has 4 nitrogen and oxygen atoms in total. The molecular formula is C24H30N2O2. The Kier molecular flexibility index (Phi) is 5.84. The Labute approximate surface area is 168 Å². The zero-order valence-corrected chi connectivity index (χ0v) is 16.8. The van der Waals surface area contributed by atoms with Crippen molar-refractivity contribution in [3.05, 3.63) is 59.7 Å². The summed E-state index contributed by atoms with van der Waals surface area (Å²) in [5, 5.41) is 0. The van der Waals surface area contributed by atoms with Gasteiger partial charge in [-0.05, 0) is 67.5 Å². The number of benzene rings is 2. The molecule has 1 fully saturated rings. The minimum absolute atomic E-state index is 0.118. The molecule has 0 unspecified atom stereocenters. The summed E-state index contributed by atoms with van der Waals surface area (Å²) >= 11 is 0. The highest BCUT2D eigenvalue weighted by Crippen LogP contribution is 2.26. The number of amides is 1. The number of hydrogen-bond donors (Lipinski definition) is 0. The lowest BCUT2D eigenvalue weighted by atomic mass is 9.92. The van der Waals surface area contributed by atoms with Crippen molar-refractivity contribution in [3.8, 4) is 5.75 Å². The van der Waals surface area contributed by atoms with E-state index in [1.807, 2.05) is 24.0 Å². The zero-order valence-electron chi connectivity index (χ0n) is 16.8. The number of fused-ring (bicyclic) bond motifs is 1. The summed E-state index contributed by atoms with van der Waals surface area (Å²) in [6.07, 6.45) is 5.10. The lowest BCUT2D eigenvalue weighted by molar-refractivity contribution is -0.139. The fourth-order valence-electron chi connectivity index (χ4n) is 4.28.